The zero-order chi connectivity index (χ0) is 14.7. The molecule has 1 aromatic carbocycles. The Kier molecular flexibility index (Phi) is 4.34. The Morgan fingerprint density at radius 2 is 1.95 bits per heavy atom. The van der Waals surface area contributed by atoms with Crippen molar-refractivity contribution >= 4 is 23.8 Å². The first-order valence-corrected chi connectivity index (χ1v) is 7.30. The highest BCUT2D eigenvalue weighted by Crippen LogP contribution is 2.28. The van der Waals surface area contributed by atoms with Gasteiger partial charge < -0.3 is 15.4 Å². The largest absolute Gasteiger partial charge is 0.466 e. The summed E-state index contributed by atoms with van der Waals surface area (Å²) in [6, 6.07) is 6.90. The zero-order valence-corrected chi connectivity index (χ0v) is 12.3. The number of methoxy groups -OCH3 is 1. The van der Waals surface area contributed by atoms with Crippen molar-refractivity contribution in [1.29, 1.82) is 0 Å². The van der Waals surface area contributed by atoms with Crippen molar-refractivity contribution in [1.82, 2.24) is 10.6 Å². The summed E-state index contributed by atoms with van der Waals surface area (Å²) in [5.41, 5.74) is 1.78. The van der Waals surface area contributed by atoms with Crippen LogP contribution in [0.3, 0.4) is 0 Å². The Balaban J connectivity index is 2.42. The summed E-state index contributed by atoms with van der Waals surface area (Å²) in [7, 11) is 1.33. The lowest BCUT2D eigenvalue weighted by Crippen LogP contribution is -2.45. The number of thioether (sulfide) groups is 1. The minimum Gasteiger partial charge on any atom is -0.466 e. The van der Waals surface area contributed by atoms with Crippen molar-refractivity contribution < 1.29 is 14.3 Å². The van der Waals surface area contributed by atoms with E-state index in [9.17, 15) is 9.59 Å². The van der Waals surface area contributed by atoms with Gasteiger partial charge in [0.2, 0.25) is 0 Å². The number of urea groups is 1. The number of amides is 2. The van der Waals surface area contributed by atoms with Gasteiger partial charge in [0.25, 0.3) is 0 Å². The molecule has 1 aromatic rings. The van der Waals surface area contributed by atoms with Crippen molar-refractivity contribution in [3.63, 3.8) is 0 Å². The summed E-state index contributed by atoms with van der Waals surface area (Å²) in [6.45, 7) is 1.69. The van der Waals surface area contributed by atoms with Gasteiger partial charge in [-0.05, 0) is 30.9 Å². The highest BCUT2D eigenvalue weighted by Gasteiger charge is 2.31. The Morgan fingerprint density at radius 3 is 2.50 bits per heavy atom. The number of rotatable bonds is 3. The number of esters is 1. The number of carbonyl (C=O) groups excluding carboxylic acids is 2. The number of ether oxygens (including phenoxy) is 1. The molecule has 0 fully saturated rings. The predicted molar refractivity (Wildman–Crippen MR) is 77.3 cm³/mol. The molecule has 0 aromatic heterocycles. The second-order valence-electron chi connectivity index (χ2n) is 4.33. The van der Waals surface area contributed by atoms with Gasteiger partial charge in [0.1, 0.15) is 0 Å². The molecule has 1 heterocycles. The summed E-state index contributed by atoms with van der Waals surface area (Å²) < 4.78 is 4.80. The smallest absolute Gasteiger partial charge is 0.337 e. The minimum absolute atomic E-state index is 0.325. The maximum Gasteiger partial charge on any atom is 0.337 e. The predicted octanol–water partition coefficient (Wildman–Crippen LogP) is 2.21. The van der Waals surface area contributed by atoms with Gasteiger partial charge in [-0.3, -0.25) is 0 Å². The van der Waals surface area contributed by atoms with Crippen LogP contribution in [-0.4, -0.2) is 25.4 Å². The molecule has 2 amide bonds. The van der Waals surface area contributed by atoms with Crippen LogP contribution < -0.4 is 10.6 Å². The number of benzene rings is 1. The third kappa shape index (κ3) is 2.80. The van der Waals surface area contributed by atoms with Gasteiger partial charge in [-0.25, -0.2) is 9.59 Å². The standard InChI is InChI=1S/C14H16N2O3S/c1-8-11(13(17)19-2)12(16-14(18)15-8)9-4-6-10(20-3)7-5-9/h4-7,12H,1-3H3,(H2,15,16,18)/t12-/m1/s1. The molecule has 106 valence electrons. The van der Waals surface area contributed by atoms with E-state index in [0.717, 1.165) is 10.5 Å². The van der Waals surface area contributed by atoms with Crippen LogP contribution in [-0.2, 0) is 9.53 Å². The van der Waals surface area contributed by atoms with Crippen LogP contribution in [0.15, 0.2) is 40.4 Å². The quantitative estimate of drug-likeness (QED) is 0.662. The Labute approximate surface area is 121 Å². The third-order valence-corrected chi connectivity index (χ3v) is 3.87. The first kappa shape index (κ1) is 14.5. The highest BCUT2D eigenvalue weighted by molar-refractivity contribution is 7.98. The van der Waals surface area contributed by atoms with E-state index in [4.69, 9.17) is 4.74 Å². The maximum absolute atomic E-state index is 11.9. The van der Waals surface area contributed by atoms with E-state index in [-0.39, 0.29) is 6.03 Å². The van der Waals surface area contributed by atoms with Crippen molar-refractivity contribution in [2.75, 3.05) is 13.4 Å². The van der Waals surface area contributed by atoms with Gasteiger partial charge >= 0.3 is 12.0 Å². The highest BCUT2D eigenvalue weighted by atomic mass is 32.2. The molecule has 0 aliphatic carbocycles. The van der Waals surface area contributed by atoms with Crippen LogP contribution in [0.1, 0.15) is 18.5 Å². The Bertz CT molecular complexity index is 566. The monoisotopic (exact) mass is 292 g/mol. The van der Waals surface area contributed by atoms with Gasteiger partial charge in [0, 0.05) is 10.6 Å². The fraction of sp³-hybridized carbons (Fsp3) is 0.286. The van der Waals surface area contributed by atoms with Crippen LogP contribution in [0, 0.1) is 0 Å². The van der Waals surface area contributed by atoms with Gasteiger partial charge in [0.15, 0.2) is 0 Å². The molecule has 0 unspecified atom stereocenters. The van der Waals surface area contributed by atoms with Gasteiger partial charge in [-0.2, -0.15) is 0 Å². The lowest BCUT2D eigenvalue weighted by atomic mass is 9.96. The molecule has 0 radical (unpaired) electrons. The normalized spacial score (nSPS) is 18.4. The summed E-state index contributed by atoms with van der Waals surface area (Å²) in [6.07, 6.45) is 1.99. The van der Waals surface area contributed by atoms with E-state index in [1.54, 1.807) is 18.7 Å². The van der Waals surface area contributed by atoms with Crippen molar-refractivity contribution in [2.24, 2.45) is 0 Å². The van der Waals surface area contributed by atoms with Crippen molar-refractivity contribution in [3.05, 3.63) is 41.1 Å². The van der Waals surface area contributed by atoms with E-state index in [1.165, 1.54) is 7.11 Å². The minimum atomic E-state index is -0.493. The molecule has 20 heavy (non-hydrogen) atoms. The molecule has 1 aliphatic rings. The third-order valence-electron chi connectivity index (χ3n) is 3.12. The molecular weight excluding hydrogens is 276 g/mol. The first-order chi connectivity index (χ1) is 9.56. The summed E-state index contributed by atoms with van der Waals surface area (Å²) >= 11 is 1.63. The number of hydrogen-bond donors (Lipinski definition) is 2. The molecule has 2 rings (SSSR count). The second-order valence-corrected chi connectivity index (χ2v) is 5.21. The molecule has 6 heteroatoms. The fourth-order valence-corrected chi connectivity index (χ4v) is 2.53. The molecule has 0 saturated heterocycles. The van der Waals surface area contributed by atoms with Crippen LogP contribution >= 0.6 is 11.8 Å². The van der Waals surface area contributed by atoms with Crippen molar-refractivity contribution in [2.45, 2.75) is 17.9 Å². The lowest BCUT2D eigenvalue weighted by molar-refractivity contribution is -0.136. The molecule has 2 N–H and O–H groups in total. The van der Waals surface area contributed by atoms with E-state index >= 15 is 0 Å². The average Bonchev–Trinajstić information content (AvgIpc) is 2.46. The van der Waals surface area contributed by atoms with E-state index in [1.807, 2.05) is 30.5 Å². The molecule has 1 atom stereocenters. The van der Waals surface area contributed by atoms with Crippen LogP contribution in [0.25, 0.3) is 0 Å². The van der Waals surface area contributed by atoms with Crippen LogP contribution in [0.5, 0.6) is 0 Å². The number of allylic oxidation sites excluding steroid dienone is 1. The maximum atomic E-state index is 11.9. The first-order valence-electron chi connectivity index (χ1n) is 6.07. The summed E-state index contributed by atoms with van der Waals surface area (Å²) in [4.78, 5) is 24.7. The molecule has 5 nitrogen and oxygen atoms in total. The van der Waals surface area contributed by atoms with Crippen LogP contribution in [0.4, 0.5) is 4.79 Å². The SMILES string of the molecule is COC(=O)C1=C(C)NC(=O)N[C@@H]1c1ccc(SC)cc1. The second kappa shape index (κ2) is 6.00. The molecular formula is C14H16N2O3S. The fourth-order valence-electron chi connectivity index (χ4n) is 2.12. The van der Waals surface area contributed by atoms with Crippen LogP contribution in [0.2, 0.25) is 0 Å². The number of nitrogens with one attached hydrogen (secondary N) is 2. The van der Waals surface area contributed by atoms with E-state index < -0.39 is 12.0 Å². The Morgan fingerprint density at radius 1 is 1.30 bits per heavy atom. The Hall–Kier alpha value is -1.95. The van der Waals surface area contributed by atoms with Gasteiger partial charge in [-0.15, -0.1) is 11.8 Å². The summed E-state index contributed by atoms with van der Waals surface area (Å²) in [5, 5.41) is 5.34. The number of hydrogen-bond acceptors (Lipinski definition) is 4. The van der Waals surface area contributed by atoms with Crippen molar-refractivity contribution in [3.8, 4) is 0 Å². The zero-order valence-electron chi connectivity index (χ0n) is 11.5. The molecule has 0 saturated carbocycles. The molecule has 0 bridgehead atoms. The van der Waals surface area contributed by atoms with E-state index in [0.29, 0.717) is 11.3 Å². The molecule has 0 spiro atoms. The topological polar surface area (TPSA) is 67.4 Å². The summed E-state index contributed by atoms with van der Waals surface area (Å²) in [5.74, 6) is -0.450. The lowest BCUT2D eigenvalue weighted by Gasteiger charge is -2.27. The average molecular weight is 292 g/mol. The number of carbonyl (C=O) groups is 2. The van der Waals surface area contributed by atoms with Gasteiger partial charge in [0.05, 0.1) is 18.7 Å². The van der Waals surface area contributed by atoms with E-state index in [2.05, 4.69) is 10.6 Å². The molecule has 1 aliphatic heterocycles. The van der Waals surface area contributed by atoms with Gasteiger partial charge in [-0.1, -0.05) is 12.1 Å².